The predicted octanol–water partition coefficient (Wildman–Crippen LogP) is 2.34. The Bertz CT molecular complexity index is 1590. The highest BCUT2D eigenvalue weighted by atomic mass is 16.7. The van der Waals surface area contributed by atoms with Crippen molar-refractivity contribution in [2.45, 2.75) is 237 Å². The van der Waals surface area contributed by atoms with E-state index in [1.54, 1.807) is 96.9 Å². The number of ether oxygens (including phenoxy) is 8. The molecule has 0 spiro atoms. The smallest absolute Gasteiger partial charge is 0.408 e. The molecule has 1 aliphatic carbocycles. The molecule has 1 saturated carbocycles. The maximum Gasteiger partial charge on any atom is 0.408 e. The van der Waals surface area contributed by atoms with E-state index in [9.17, 15) is 44.4 Å². The van der Waals surface area contributed by atoms with Crippen LogP contribution in [0.25, 0.3) is 0 Å². The molecule has 3 rings (SSSR count). The zero-order chi connectivity index (χ0) is 49.4. The van der Waals surface area contributed by atoms with E-state index in [-0.39, 0.29) is 32.2 Å². The van der Waals surface area contributed by atoms with Gasteiger partial charge in [-0.25, -0.2) is 19.2 Å². The van der Waals surface area contributed by atoms with Gasteiger partial charge in [-0.1, -0.05) is 13.8 Å². The lowest BCUT2D eigenvalue weighted by atomic mass is 9.83. The van der Waals surface area contributed by atoms with Crippen LogP contribution in [-0.4, -0.2) is 165 Å². The maximum absolute atomic E-state index is 13.4. The van der Waals surface area contributed by atoms with Crippen LogP contribution in [0.1, 0.15) is 129 Å². The number of nitrogens with one attached hydrogen (secondary N) is 5. The van der Waals surface area contributed by atoms with Gasteiger partial charge in [0.1, 0.15) is 59.0 Å². The third kappa shape index (κ3) is 18.1. The lowest BCUT2D eigenvalue weighted by Crippen LogP contribution is -2.70. The number of aliphatic hydroxyl groups excluding tert-OH is 4. The first kappa shape index (κ1) is 55.6. The fraction of sp³-hybridized carbons (Fsp3) is 0.884. The van der Waals surface area contributed by atoms with Crippen LogP contribution in [0.15, 0.2) is 0 Å². The van der Waals surface area contributed by atoms with Gasteiger partial charge in [-0.2, -0.15) is 0 Å². The van der Waals surface area contributed by atoms with E-state index in [0.29, 0.717) is 6.42 Å². The van der Waals surface area contributed by atoms with Gasteiger partial charge < -0.3 is 84.9 Å². The molecule has 3 fully saturated rings. The molecule has 14 atom stereocenters. The molecule has 65 heavy (non-hydrogen) atoms. The van der Waals surface area contributed by atoms with Crippen LogP contribution in [0.2, 0.25) is 0 Å². The number of amides is 5. The summed E-state index contributed by atoms with van der Waals surface area (Å²) in [6.07, 6.45) is -17.3. The Hall–Kier alpha value is -3.77. The van der Waals surface area contributed by atoms with Gasteiger partial charge in [0.25, 0.3) is 0 Å². The Labute approximate surface area is 382 Å². The first-order chi connectivity index (χ1) is 29.8. The van der Waals surface area contributed by atoms with Crippen LogP contribution in [0, 0.1) is 0 Å². The molecule has 5 amide bonds. The van der Waals surface area contributed by atoms with Gasteiger partial charge in [0.2, 0.25) is 5.91 Å². The molecule has 2 heterocycles. The van der Waals surface area contributed by atoms with Crippen molar-refractivity contribution < 1.29 is 82.3 Å². The molecule has 22 nitrogen and oxygen atoms in total. The largest absolute Gasteiger partial charge is 0.444 e. The molecule has 0 aromatic rings. The number of aliphatic hydroxyl groups is 4. The van der Waals surface area contributed by atoms with E-state index < -0.39 is 138 Å². The van der Waals surface area contributed by atoms with Crippen molar-refractivity contribution in [2.24, 2.45) is 0 Å². The minimum Gasteiger partial charge on any atom is -0.444 e. The van der Waals surface area contributed by atoms with Crippen LogP contribution >= 0.6 is 0 Å². The lowest BCUT2D eigenvalue weighted by molar-refractivity contribution is -0.314. The minimum absolute atomic E-state index is 0.0193. The normalized spacial score (nSPS) is 31.6. The Balaban J connectivity index is 2.10. The van der Waals surface area contributed by atoms with Crippen molar-refractivity contribution in [1.29, 1.82) is 0 Å². The summed E-state index contributed by atoms with van der Waals surface area (Å²) >= 11 is 0. The molecule has 0 bridgehead atoms. The number of alkyl carbamates (subject to hydrolysis) is 4. The SMILES string of the molecule is CCC(O)C(=O)N[C@@H]1C[C@H](NC(=O)OC(C)(C)C)C(O[C@H]2OC(CNC(=O)OC(C)(C)C)CCC2NC(=O)OC(C)(C)C)C(O)[C@H]1O[C@H]1OC(CC)[C@H](O)[C@H](NC(=O)OC(C)(C)C)C1O. The highest BCUT2D eigenvalue weighted by molar-refractivity contribution is 5.80. The monoisotopic (exact) mass is 936 g/mol. The lowest BCUT2D eigenvalue weighted by Gasteiger charge is -2.49. The van der Waals surface area contributed by atoms with Crippen molar-refractivity contribution in [3.05, 3.63) is 0 Å². The average molecular weight is 936 g/mol. The molecule has 0 aromatic heterocycles. The van der Waals surface area contributed by atoms with E-state index in [4.69, 9.17) is 37.9 Å². The molecular weight excluding hydrogens is 858 g/mol. The molecule has 0 radical (unpaired) electrons. The first-order valence-electron chi connectivity index (χ1n) is 22.4. The molecule has 3 aliphatic rings. The van der Waals surface area contributed by atoms with Gasteiger partial charge in [0, 0.05) is 6.54 Å². The van der Waals surface area contributed by atoms with E-state index in [1.165, 1.54) is 0 Å². The summed E-state index contributed by atoms with van der Waals surface area (Å²) in [5.74, 6) is -0.845. The molecular formula is C43H77N5O17. The van der Waals surface area contributed by atoms with Crippen molar-refractivity contribution in [2.75, 3.05) is 6.54 Å². The summed E-state index contributed by atoms with van der Waals surface area (Å²) in [5, 5.41) is 59.2. The van der Waals surface area contributed by atoms with E-state index >= 15 is 0 Å². The topological polar surface area (TPSA) is 300 Å². The van der Waals surface area contributed by atoms with Gasteiger partial charge in [-0.15, -0.1) is 0 Å². The quantitative estimate of drug-likeness (QED) is 0.120. The number of rotatable bonds is 13. The van der Waals surface area contributed by atoms with Crippen molar-refractivity contribution >= 4 is 30.3 Å². The molecule has 376 valence electrons. The summed E-state index contributed by atoms with van der Waals surface area (Å²) in [6.45, 7) is 23.2. The second-order valence-corrected chi connectivity index (χ2v) is 20.7. The Morgan fingerprint density at radius 2 is 1.05 bits per heavy atom. The highest BCUT2D eigenvalue weighted by Gasteiger charge is 2.53. The van der Waals surface area contributed by atoms with Crippen LogP contribution < -0.4 is 26.6 Å². The minimum atomic E-state index is -1.85. The Morgan fingerprint density at radius 3 is 1.54 bits per heavy atom. The van der Waals surface area contributed by atoms with E-state index in [0.717, 1.165) is 0 Å². The zero-order valence-corrected chi connectivity index (χ0v) is 40.4. The second-order valence-electron chi connectivity index (χ2n) is 20.7. The van der Waals surface area contributed by atoms with Crippen LogP contribution in [0.4, 0.5) is 19.2 Å². The van der Waals surface area contributed by atoms with Gasteiger partial charge in [-0.3, -0.25) is 4.79 Å². The van der Waals surface area contributed by atoms with Crippen LogP contribution in [0.3, 0.4) is 0 Å². The van der Waals surface area contributed by atoms with Gasteiger partial charge >= 0.3 is 24.4 Å². The summed E-state index contributed by atoms with van der Waals surface area (Å²) in [4.78, 5) is 65.4. The molecule has 9 N–H and O–H groups in total. The standard InChI is InChI=1S/C43H77N5O17/c1-15-25(49)33(53)45-23-19-24(47-38(56)64-42(9,10)11)32(30(52)31(23)61-35-29(51)27(28(50)26(16-2)59-35)48-39(57)65-43(12,13)14)60-34-22(46-37(55)63-41(6,7)8)18-17-21(58-34)20-44-36(54)62-40(3,4)5/h21-32,34-35,49-52H,15-20H2,1-14H3,(H,44,54)(H,45,53)(H,46,55)(H,47,56)(H,48,57)/t21?,22?,23-,24+,25?,26?,27+,28+,29?,30?,31+,32?,34-,35-/m1/s1. The third-order valence-corrected chi connectivity index (χ3v) is 10.1. The maximum atomic E-state index is 13.4. The predicted molar refractivity (Wildman–Crippen MR) is 231 cm³/mol. The molecule has 7 unspecified atom stereocenters. The summed E-state index contributed by atoms with van der Waals surface area (Å²) in [6, 6.07) is -4.78. The third-order valence-electron chi connectivity index (χ3n) is 10.1. The first-order valence-corrected chi connectivity index (χ1v) is 22.4. The van der Waals surface area contributed by atoms with Gasteiger partial charge in [0.05, 0.1) is 36.4 Å². The number of hydrogen-bond donors (Lipinski definition) is 9. The molecule has 0 aromatic carbocycles. The van der Waals surface area contributed by atoms with Crippen LogP contribution in [-0.2, 0) is 42.7 Å². The fourth-order valence-corrected chi connectivity index (χ4v) is 7.31. The number of carbonyl (C=O) groups excluding carboxylic acids is 5. The highest BCUT2D eigenvalue weighted by Crippen LogP contribution is 2.34. The number of hydrogen-bond acceptors (Lipinski definition) is 17. The molecule has 2 aliphatic heterocycles. The summed E-state index contributed by atoms with van der Waals surface area (Å²) in [5.41, 5.74) is -3.56. The zero-order valence-electron chi connectivity index (χ0n) is 40.4. The van der Waals surface area contributed by atoms with Crippen molar-refractivity contribution in [3.63, 3.8) is 0 Å². The van der Waals surface area contributed by atoms with E-state index in [2.05, 4.69) is 26.6 Å². The Morgan fingerprint density at radius 1 is 0.585 bits per heavy atom. The molecule has 22 heteroatoms. The summed E-state index contributed by atoms with van der Waals surface area (Å²) in [7, 11) is 0. The molecule has 2 saturated heterocycles. The average Bonchev–Trinajstić information content (AvgIpc) is 3.13. The fourth-order valence-electron chi connectivity index (χ4n) is 7.31. The van der Waals surface area contributed by atoms with Gasteiger partial charge in [0.15, 0.2) is 12.6 Å². The van der Waals surface area contributed by atoms with Crippen molar-refractivity contribution in [1.82, 2.24) is 26.6 Å². The number of carbonyl (C=O) groups is 5. The summed E-state index contributed by atoms with van der Waals surface area (Å²) < 4.78 is 47.1. The van der Waals surface area contributed by atoms with Gasteiger partial charge in [-0.05, 0) is 115 Å². The van der Waals surface area contributed by atoms with Crippen molar-refractivity contribution in [3.8, 4) is 0 Å². The van der Waals surface area contributed by atoms with Crippen LogP contribution in [0.5, 0.6) is 0 Å². The van der Waals surface area contributed by atoms with E-state index in [1.807, 2.05) is 0 Å². The second kappa shape index (κ2) is 22.8. The Kier molecular flexibility index (Phi) is 19.5.